The average molecular weight is 291 g/mol. The van der Waals surface area contributed by atoms with Crippen molar-refractivity contribution in [2.24, 2.45) is 5.73 Å². The van der Waals surface area contributed by atoms with Crippen LogP contribution in [0.5, 0.6) is 5.75 Å². The first-order valence-corrected chi connectivity index (χ1v) is 6.98. The third-order valence-electron chi connectivity index (χ3n) is 4.35. The van der Waals surface area contributed by atoms with E-state index in [2.05, 4.69) is 10.1 Å². The second-order valence-corrected chi connectivity index (χ2v) is 5.69. The summed E-state index contributed by atoms with van der Waals surface area (Å²) in [7, 11) is 1.42. The molecule has 6 heteroatoms. The van der Waals surface area contributed by atoms with Crippen LogP contribution in [0.1, 0.15) is 32.1 Å². The minimum atomic E-state index is -0.422. The summed E-state index contributed by atoms with van der Waals surface area (Å²) in [5.41, 5.74) is 6.53. The minimum Gasteiger partial charge on any atom is -0.494 e. The van der Waals surface area contributed by atoms with E-state index in [1.165, 1.54) is 13.2 Å². The fourth-order valence-corrected chi connectivity index (χ4v) is 2.83. The zero-order valence-electron chi connectivity index (χ0n) is 12.1. The largest absolute Gasteiger partial charge is 0.494 e. The zero-order valence-corrected chi connectivity index (χ0v) is 12.1. The predicted octanol–water partition coefficient (Wildman–Crippen LogP) is 2.65. The van der Waals surface area contributed by atoms with Crippen LogP contribution in [0.2, 0.25) is 0 Å². The Morgan fingerprint density at radius 3 is 2.95 bits per heavy atom. The Kier molecular flexibility index (Phi) is 3.41. The van der Waals surface area contributed by atoms with E-state index in [0.717, 1.165) is 19.3 Å². The molecule has 1 heterocycles. The van der Waals surface area contributed by atoms with Gasteiger partial charge in [0.25, 0.3) is 0 Å². The van der Waals surface area contributed by atoms with Crippen LogP contribution in [0.25, 0.3) is 11.4 Å². The van der Waals surface area contributed by atoms with Crippen LogP contribution >= 0.6 is 0 Å². The van der Waals surface area contributed by atoms with Crippen molar-refractivity contribution in [3.63, 3.8) is 0 Å². The van der Waals surface area contributed by atoms with Crippen molar-refractivity contribution in [3.05, 3.63) is 29.9 Å². The fraction of sp³-hybridized carbons (Fsp3) is 0.467. The van der Waals surface area contributed by atoms with E-state index in [9.17, 15) is 4.39 Å². The molecule has 3 rings (SSSR count). The molecule has 0 spiro atoms. The van der Waals surface area contributed by atoms with Crippen LogP contribution in [0.15, 0.2) is 22.7 Å². The monoisotopic (exact) mass is 291 g/mol. The van der Waals surface area contributed by atoms with Crippen molar-refractivity contribution in [2.75, 3.05) is 7.11 Å². The van der Waals surface area contributed by atoms with E-state index in [0.29, 0.717) is 17.3 Å². The zero-order chi connectivity index (χ0) is 15.0. The van der Waals surface area contributed by atoms with Crippen molar-refractivity contribution < 1.29 is 13.7 Å². The van der Waals surface area contributed by atoms with Gasteiger partial charge in [-0.25, -0.2) is 4.39 Å². The number of halogens is 1. The maximum atomic E-state index is 13.4. The van der Waals surface area contributed by atoms with Crippen molar-refractivity contribution in [1.82, 2.24) is 10.1 Å². The number of aromatic nitrogens is 2. The number of nitrogens with zero attached hydrogens (tertiary/aromatic N) is 2. The molecule has 2 unspecified atom stereocenters. The van der Waals surface area contributed by atoms with E-state index in [1.54, 1.807) is 12.1 Å². The third kappa shape index (κ3) is 2.29. The van der Waals surface area contributed by atoms with E-state index in [-0.39, 0.29) is 17.2 Å². The average Bonchev–Trinajstić information content (AvgIpc) is 3.09. The Morgan fingerprint density at radius 2 is 2.29 bits per heavy atom. The standard InChI is InChI=1S/C15H18FN3O2/c1-15(7-3-4-12(15)17)14-18-13(19-21-14)9-5-6-10(16)11(8-9)20-2/h5-6,8,12H,3-4,7,17H2,1-2H3. The van der Waals surface area contributed by atoms with E-state index >= 15 is 0 Å². The minimum absolute atomic E-state index is 0.0218. The normalized spacial score (nSPS) is 25.2. The van der Waals surface area contributed by atoms with E-state index in [1.807, 2.05) is 6.92 Å². The molecule has 5 nitrogen and oxygen atoms in total. The number of hydrogen-bond acceptors (Lipinski definition) is 5. The number of nitrogens with two attached hydrogens (primary N) is 1. The molecule has 0 aliphatic heterocycles. The molecule has 1 fully saturated rings. The smallest absolute Gasteiger partial charge is 0.234 e. The number of methoxy groups -OCH3 is 1. The summed E-state index contributed by atoms with van der Waals surface area (Å²) in [6.07, 6.45) is 2.95. The van der Waals surface area contributed by atoms with Gasteiger partial charge in [0.2, 0.25) is 11.7 Å². The van der Waals surface area contributed by atoms with Crippen molar-refractivity contribution in [1.29, 1.82) is 0 Å². The fourth-order valence-electron chi connectivity index (χ4n) is 2.83. The van der Waals surface area contributed by atoms with Gasteiger partial charge in [-0.1, -0.05) is 11.6 Å². The quantitative estimate of drug-likeness (QED) is 0.941. The SMILES string of the molecule is COc1cc(-c2noc(C3(C)CCCC3N)n2)ccc1F. The van der Waals surface area contributed by atoms with Crippen molar-refractivity contribution >= 4 is 0 Å². The first kappa shape index (κ1) is 14.0. The van der Waals surface area contributed by atoms with Gasteiger partial charge in [0.1, 0.15) is 0 Å². The number of benzene rings is 1. The van der Waals surface area contributed by atoms with Gasteiger partial charge in [-0.05, 0) is 38.0 Å². The van der Waals surface area contributed by atoms with Gasteiger partial charge in [0, 0.05) is 11.6 Å². The van der Waals surface area contributed by atoms with Crippen LogP contribution < -0.4 is 10.5 Å². The molecule has 0 amide bonds. The first-order chi connectivity index (χ1) is 10.0. The van der Waals surface area contributed by atoms with Gasteiger partial charge >= 0.3 is 0 Å². The maximum Gasteiger partial charge on any atom is 0.234 e. The molecular weight excluding hydrogens is 273 g/mol. The van der Waals surface area contributed by atoms with Crippen LogP contribution in [-0.4, -0.2) is 23.3 Å². The molecule has 2 aromatic rings. The molecule has 1 aromatic heterocycles. The Hall–Kier alpha value is -1.95. The Morgan fingerprint density at radius 1 is 1.48 bits per heavy atom. The van der Waals surface area contributed by atoms with Gasteiger partial charge in [0.05, 0.1) is 12.5 Å². The summed E-state index contributed by atoms with van der Waals surface area (Å²) < 4.78 is 23.8. The predicted molar refractivity (Wildman–Crippen MR) is 75.4 cm³/mol. The lowest BCUT2D eigenvalue weighted by molar-refractivity contribution is 0.278. The molecule has 112 valence electrons. The highest BCUT2D eigenvalue weighted by atomic mass is 19.1. The summed E-state index contributed by atoms with van der Waals surface area (Å²) >= 11 is 0. The molecule has 1 saturated carbocycles. The summed E-state index contributed by atoms with van der Waals surface area (Å²) in [4.78, 5) is 4.45. The van der Waals surface area contributed by atoms with Crippen molar-refractivity contribution in [2.45, 2.75) is 37.6 Å². The highest BCUT2D eigenvalue weighted by Crippen LogP contribution is 2.39. The molecule has 2 N–H and O–H groups in total. The van der Waals surface area contributed by atoms with Crippen molar-refractivity contribution in [3.8, 4) is 17.1 Å². The van der Waals surface area contributed by atoms with Gasteiger partial charge in [-0.15, -0.1) is 0 Å². The number of ether oxygens (including phenoxy) is 1. The second kappa shape index (κ2) is 5.11. The highest BCUT2D eigenvalue weighted by molar-refractivity contribution is 5.57. The van der Waals surface area contributed by atoms with Crippen LogP contribution in [0.4, 0.5) is 4.39 Å². The van der Waals surface area contributed by atoms with E-state index in [4.69, 9.17) is 15.0 Å². The number of rotatable bonds is 3. The summed E-state index contributed by atoms with van der Waals surface area (Å²) in [6.45, 7) is 2.05. The lowest BCUT2D eigenvalue weighted by atomic mass is 9.85. The Bertz CT molecular complexity index is 658. The number of hydrogen-bond donors (Lipinski definition) is 1. The molecule has 21 heavy (non-hydrogen) atoms. The van der Waals surface area contributed by atoms with Gasteiger partial charge in [0.15, 0.2) is 11.6 Å². The van der Waals surface area contributed by atoms with Crippen LogP contribution in [0.3, 0.4) is 0 Å². The summed E-state index contributed by atoms with van der Waals surface area (Å²) in [6, 6.07) is 4.51. The molecule has 0 bridgehead atoms. The molecular formula is C15H18FN3O2. The van der Waals surface area contributed by atoms with E-state index < -0.39 is 5.82 Å². The Balaban J connectivity index is 1.95. The maximum absolute atomic E-state index is 13.4. The lowest BCUT2D eigenvalue weighted by Gasteiger charge is -2.23. The molecule has 0 radical (unpaired) electrons. The summed E-state index contributed by atoms with van der Waals surface area (Å²) in [5.74, 6) is 0.701. The molecule has 0 saturated heterocycles. The van der Waals surface area contributed by atoms with Crippen LogP contribution in [0, 0.1) is 5.82 Å². The van der Waals surface area contributed by atoms with Crippen LogP contribution in [-0.2, 0) is 5.41 Å². The highest BCUT2D eigenvalue weighted by Gasteiger charge is 2.42. The topological polar surface area (TPSA) is 74.2 Å². The van der Waals surface area contributed by atoms with Gasteiger partial charge in [-0.2, -0.15) is 4.98 Å². The second-order valence-electron chi connectivity index (χ2n) is 5.69. The molecule has 2 atom stereocenters. The lowest BCUT2D eigenvalue weighted by Crippen LogP contribution is -2.38. The summed E-state index contributed by atoms with van der Waals surface area (Å²) in [5, 5.41) is 4.00. The first-order valence-electron chi connectivity index (χ1n) is 6.98. The Labute approximate surface area is 122 Å². The third-order valence-corrected chi connectivity index (χ3v) is 4.35. The molecule has 1 aliphatic rings. The molecule has 1 aliphatic carbocycles. The van der Waals surface area contributed by atoms with Gasteiger partial charge < -0.3 is 15.0 Å². The van der Waals surface area contributed by atoms with Gasteiger partial charge in [-0.3, -0.25) is 0 Å². The molecule has 1 aromatic carbocycles.